The minimum absolute atomic E-state index is 0.183. The SMILES string of the molecule is CC/C=C\C/C=C\C/C=C\C/C=C\C/C=C\CCCCCCCCCC(=O)OC(CO)COCCCCCCCCCC/C=C\C/C=C\CCCCC. The molecule has 0 amide bonds. The summed E-state index contributed by atoms with van der Waals surface area (Å²) in [5, 5.41) is 9.61. The van der Waals surface area contributed by atoms with E-state index in [9.17, 15) is 9.90 Å². The number of ether oxygens (including phenoxy) is 2. The number of aliphatic hydroxyl groups is 1. The number of hydrogen-bond acceptors (Lipinski definition) is 4. The smallest absolute Gasteiger partial charge is 0.306 e. The molecule has 0 aliphatic heterocycles. The summed E-state index contributed by atoms with van der Waals surface area (Å²) in [6.45, 7) is 5.18. The van der Waals surface area contributed by atoms with Crippen LogP contribution < -0.4 is 0 Å². The second-order valence-corrected chi connectivity index (χ2v) is 14.4. The number of aliphatic hydroxyl groups excluding tert-OH is 1. The molecule has 0 radical (unpaired) electrons. The molecule has 53 heavy (non-hydrogen) atoms. The van der Waals surface area contributed by atoms with E-state index in [1.165, 1.54) is 103 Å². The molecule has 0 bridgehead atoms. The molecule has 0 aromatic rings. The van der Waals surface area contributed by atoms with E-state index in [2.05, 4.69) is 98.9 Å². The molecule has 1 unspecified atom stereocenters. The van der Waals surface area contributed by atoms with Crippen molar-refractivity contribution in [2.45, 2.75) is 200 Å². The van der Waals surface area contributed by atoms with Crippen LogP contribution in [0.2, 0.25) is 0 Å². The van der Waals surface area contributed by atoms with Gasteiger partial charge in [0.1, 0.15) is 6.10 Å². The van der Waals surface area contributed by atoms with E-state index < -0.39 is 6.10 Å². The summed E-state index contributed by atoms with van der Waals surface area (Å²) >= 11 is 0. The Morgan fingerprint density at radius 2 is 0.849 bits per heavy atom. The zero-order valence-corrected chi connectivity index (χ0v) is 34.8. The van der Waals surface area contributed by atoms with Gasteiger partial charge in [-0.05, 0) is 89.9 Å². The molecule has 0 heterocycles. The molecule has 0 rings (SSSR count). The predicted octanol–water partition coefficient (Wildman–Crippen LogP) is 14.8. The van der Waals surface area contributed by atoms with Gasteiger partial charge in [-0.1, -0.05) is 182 Å². The van der Waals surface area contributed by atoms with Gasteiger partial charge < -0.3 is 14.6 Å². The molecular formula is C49H84O4. The lowest BCUT2D eigenvalue weighted by Crippen LogP contribution is -2.27. The summed E-state index contributed by atoms with van der Waals surface area (Å²) in [6.07, 6.45) is 63.5. The number of rotatable bonds is 40. The summed E-state index contributed by atoms with van der Waals surface area (Å²) in [4.78, 5) is 12.2. The van der Waals surface area contributed by atoms with Gasteiger partial charge in [-0.2, -0.15) is 0 Å². The summed E-state index contributed by atoms with van der Waals surface area (Å²) in [7, 11) is 0. The number of allylic oxidation sites excluding steroid dienone is 14. The van der Waals surface area contributed by atoms with Crippen LogP contribution >= 0.6 is 0 Å². The molecule has 0 saturated carbocycles. The minimum Gasteiger partial charge on any atom is -0.457 e. The van der Waals surface area contributed by atoms with Gasteiger partial charge in [-0.25, -0.2) is 0 Å². The van der Waals surface area contributed by atoms with E-state index in [0.29, 0.717) is 13.0 Å². The molecule has 0 aromatic heterocycles. The molecule has 1 atom stereocenters. The maximum atomic E-state index is 12.2. The van der Waals surface area contributed by atoms with Crippen LogP contribution in [0.4, 0.5) is 0 Å². The van der Waals surface area contributed by atoms with E-state index in [4.69, 9.17) is 9.47 Å². The van der Waals surface area contributed by atoms with Crippen LogP contribution in [0.3, 0.4) is 0 Å². The first-order chi connectivity index (χ1) is 26.2. The van der Waals surface area contributed by atoms with Gasteiger partial charge in [-0.15, -0.1) is 0 Å². The minimum atomic E-state index is -0.549. The van der Waals surface area contributed by atoms with Gasteiger partial charge in [0.25, 0.3) is 0 Å². The summed E-state index contributed by atoms with van der Waals surface area (Å²) < 4.78 is 11.2. The highest BCUT2D eigenvalue weighted by Crippen LogP contribution is 2.13. The first-order valence-electron chi connectivity index (χ1n) is 22.2. The Bertz CT molecular complexity index is 954. The zero-order chi connectivity index (χ0) is 38.4. The number of esters is 1. The van der Waals surface area contributed by atoms with Crippen LogP contribution in [0.1, 0.15) is 194 Å². The summed E-state index contributed by atoms with van der Waals surface area (Å²) in [5.41, 5.74) is 0. The number of unbranched alkanes of at least 4 members (excludes halogenated alkanes) is 18. The lowest BCUT2D eigenvalue weighted by molar-refractivity contribution is -0.154. The first kappa shape index (κ1) is 50.6. The average Bonchev–Trinajstić information content (AvgIpc) is 3.16. The van der Waals surface area contributed by atoms with E-state index in [-0.39, 0.29) is 19.2 Å². The van der Waals surface area contributed by atoms with Gasteiger partial charge in [0.2, 0.25) is 0 Å². The molecule has 0 aliphatic carbocycles. The van der Waals surface area contributed by atoms with Crippen molar-refractivity contribution in [1.29, 1.82) is 0 Å². The standard InChI is InChI=1S/C49H84O4/c1-3-5-7-9-11-13-15-17-19-21-23-24-25-26-27-28-30-32-34-36-38-40-42-44-49(51)53-48(46-50)47-52-45-43-41-39-37-35-33-31-29-22-20-18-16-14-12-10-8-6-4-2/h5,7,11-14,17-20,23-24,26-27,48,50H,3-4,6,8-10,15-16,21-22,25,28-47H2,1-2H3/b7-5-,13-11-,14-12-,19-17-,20-18-,24-23-,27-26-. The van der Waals surface area contributed by atoms with Crippen molar-refractivity contribution in [2.75, 3.05) is 19.8 Å². The normalized spacial score (nSPS) is 13.2. The van der Waals surface area contributed by atoms with Crippen LogP contribution in [0.5, 0.6) is 0 Å². The molecule has 0 fully saturated rings. The van der Waals surface area contributed by atoms with E-state index in [1.54, 1.807) is 0 Å². The van der Waals surface area contributed by atoms with Crippen LogP contribution in [0.15, 0.2) is 85.1 Å². The quantitative estimate of drug-likeness (QED) is 0.0387. The Labute approximate surface area is 329 Å². The maximum Gasteiger partial charge on any atom is 0.306 e. The van der Waals surface area contributed by atoms with Gasteiger partial charge >= 0.3 is 5.97 Å². The van der Waals surface area contributed by atoms with Crippen LogP contribution in [0, 0.1) is 0 Å². The lowest BCUT2D eigenvalue weighted by Gasteiger charge is -2.16. The number of carbonyl (C=O) groups is 1. The Morgan fingerprint density at radius 3 is 1.28 bits per heavy atom. The zero-order valence-electron chi connectivity index (χ0n) is 34.8. The second kappa shape index (κ2) is 45.7. The maximum absolute atomic E-state index is 12.2. The van der Waals surface area contributed by atoms with Crippen molar-refractivity contribution >= 4 is 5.97 Å². The number of hydrogen-bond donors (Lipinski definition) is 1. The fourth-order valence-electron chi connectivity index (χ4n) is 5.91. The summed E-state index contributed by atoms with van der Waals surface area (Å²) in [5.74, 6) is -0.217. The molecule has 0 aromatic carbocycles. The average molecular weight is 737 g/mol. The third kappa shape index (κ3) is 43.9. The predicted molar refractivity (Wildman–Crippen MR) is 232 cm³/mol. The molecule has 304 valence electrons. The molecule has 4 heteroatoms. The molecule has 0 spiro atoms. The highest BCUT2D eigenvalue weighted by Gasteiger charge is 2.13. The largest absolute Gasteiger partial charge is 0.457 e. The highest BCUT2D eigenvalue weighted by atomic mass is 16.6. The summed E-state index contributed by atoms with van der Waals surface area (Å²) in [6, 6.07) is 0. The van der Waals surface area contributed by atoms with Gasteiger partial charge in [0.05, 0.1) is 13.2 Å². The van der Waals surface area contributed by atoms with E-state index in [0.717, 1.165) is 70.6 Å². The third-order valence-electron chi connectivity index (χ3n) is 9.20. The Balaban J connectivity index is 3.51. The van der Waals surface area contributed by atoms with Crippen molar-refractivity contribution in [3.63, 3.8) is 0 Å². The topological polar surface area (TPSA) is 55.8 Å². The van der Waals surface area contributed by atoms with Crippen molar-refractivity contribution in [3.8, 4) is 0 Å². The van der Waals surface area contributed by atoms with Crippen molar-refractivity contribution in [3.05, 3.63) is 85.1 Å². The molecule has 1 N–H and O–H groups in total. The Kier molecular flexibility index (Phi) is 43.6. The van der Waals surface area contributed by atoms with Crippen LogP contribution in [-0.4, -0.2) is 37.0 Å². The van der Waals surface area contributed by atoms with E-state index >= 15 is 0 Å². The van der Waals surface area contributed by atoms with Crippen molar-refractivity contribution in [1.82, 2.24) is 0 Å². The molecular weight excluding hydrogens is 653 g/mol. The van der Waals surface area contributed by atoms with E-state index in [1.807, 2.05) is 0 Å². The van der Waals surface area contributed by atoms with Gasteiger partial charge in [0, 0.05) is 13.0 Å². The Hall–Kier alpha value is -2.43. The molecule has 0 aliphatic rings. The Morgan fingerprint density at radius 1 is 0.472 bits per heavy atom. The third-order valence-corrected chi connectivity index (χ3v) is 9.20. The molecule has 0 saturated heterocycles. The van der Waals surface area contributed by atoms with Crippen LogP contribution in [-0.2, 0) is 14.3 Å². The monoisotopic (exact) mass is 737 g/mol. The van der Waals surface area contributed by atoms with Crippen LogP contribution in [0.25, 0.3) is 0 Å². The second-order valence-electron chi connectivity index (χ2n) is 14.4. The highest BCUT2D eigenvalue weighted by molar-refractivity contribution is 5.69. The number of carbonyl (C=O) groups excluding carboxylic acids is 1. The fraction of sp³-hybridized carbons (Fsp3) is 0.694. The fourth-order valence-corrected chi connectivity index (χ4v) is 5.91. The lowest BCUT2D eigenvalue weighted by atomic mass is 10.1. The molecule has 4 nitrogen and oxygen atoms in total. The van der Waals surface area contributed by atoms with Gasteiger partial charge in [-0.3, -0.25) is 4.79 Å². The van der Waals surface area contributed by atoms with Crippen molar-refractivity contribution < 1.29 is 19.4 Å². The van der Waals surface area contributed by atoms with Gasteiger partial charge in [0.15, 0.2) is 0 Å². The van der Waals surface area contributed by atoms with Crippen molar-refractivity contribution in [2.24, 2.45) is 0 Å². The first-order valence-corrected chi connectivity index (χ1v) is 22.2.